The smallest absolute Gasteiger partial charge is 0.255 e. The first-order valence-electron chi connectivity index (χ1n) is 8.52. The van der Waals surface area contributed by atoms with Gasteiger partial charge in [-0.1, -0.05) is 19.4 Å². The average Bonchev–Trinajstić information content (AvgIpc) is 2.94. The molecule has 0 spiro atoms. The lowest BCUT2D eigenvalue weighted by Crippen LogP contribution is -2.41. The molecule has 0 saturated carbocycles. The summed E-state index contributed by atoms with van der Waals surface area (Å²) >= 11 is 0. The van der Waals surface area contributed by atoms with Crippen molar-refractivity contribution in [3.8, 4) is 11.5 Å². The van der Waals surface area contributed by atoms with Crippen molar-refractivity contribution in [2.45, 2.75) is 25.8 Å². The SMILES string of the molecule is CCC[C@H]1CN(CC(N)=O)C[C@@H]1NC(=O)c1cccc(OC)c1OC.Cl. The number of primary amides is 1. The fraction of sp³-hybridized carbons (Fsp3) is 0.556. The predicted molar refractivity (Wildman–Crippen MR) is 102 cm³/mol. The highest BCUT2D eigenvalue weighted by Crippen LogP contribution is 2.31. The number of benzene rings is 1. The first-order chi connectivity index (χ1) is 12.0. The Morgan fingerprint density at radius 3 is 2.58 bits per heavy atom. The quantitative estimate of drug-likeness (QED) is 0.706. The number of nitrogens with zero attached hydrogens (tertiary/aromatic N) is 1. The highest BCUT2D eigenvalue weighted by atomic mass is 35.5. The maximum atomic E-state index is 12.8. The standard InChI is InChI=1S/C18H27N3O4.ClH/c1-4-6-12-9-21(11-16(19)22)10-14(12)20-18(23)13-7-5-8-15(24-2)17(13)25-3;/h5,7-8,12,14H,4,6,9-11H2,1-3H3,(H2,19,22)(H,20,23);1H/t12-,14-;/m0./s1. The van der Waals surface area contributed by atoms with Gasteiger partial charge < -0.3 is 20.5 Å². The molecule has 2 rings (SSSR count). The molecule has 146 valence electrons. The van der Waals surface area contributed by atoms with Crippen molar-refractivity contribution < 1.29 is 19.1 Å². The van der Waals surface area contributed by atoms with Gasteiger partial charge >= 0.3 is 0 Å². The Hall–Kier alpha value is -1.99. The molecule has 0 bridgehead atoms. The van der Waals surface area contributed by atoms with Crippen LogP contribution in [0.3, 0.4) is 0 Å². The van der Waals surface area contributed by atoms with E-state index in [4.69, 9.17) is 15.2 Å². The number of methoxy groups -OCH3 is 2. The van der Waals surface area contributed by atoms with E-state index in [9.17, 15) is 9.59 Å². The van der Waals surface area contributed by atoms with E-state index < -0.39 is 0 Å². The van der Waals surface area contributed by atoms with Crippen LogP contribution in [0.4, 0.5) is 0 Å². The molecule has 0 unspecified atom stereocenters. The summed E-state index contributed by atoms with van der Waals surface area (Å²) in [6.07, 6.45) is 2.00. The predicted octanol–water partition coefficient (Wildman–Crippen LogP) is 1.44. The first-order valence-corrected chi connectivity index (χ1v) is 8.52. The fourth-order valence-corrected chi connectivity index (χ4v) is 3.45. The Morgan fingerprint density at radius 1 is 1.27 bits per heavy atom. The van der Waals surface area contributed by atoms with Crippen molar-refractivity contribution in [3.63, 3.8) is 0 Å². The van der Waals surface area contributed by atoms with E-state index in [1.54, 1.807) is 18.2 Å². The third-order valence-electron chi connectivity index (χ3n) is 4.52. The summed E-state index contributed by atoms with van der Waals surface area (Å²) in [4.78, 5) is 26.0. The minimum absolute atomic E-state index is 0. The molecule has 0 radical (unpaired) electrons. The number of hydrogen-bond donors (Lipinski definition) is 2. The second-order valence-corrected chi connectivity index (χ2v) is 6.33. The molecule has 2 atom stereocenters. The van der Waals surface area contributed by atoms with Gasteiger partial charge in [0, 0.05) is 19.1 Å². The number of rotatable bonds is 8. The molecule has 8 heteroatoms. The summed E-state index contributed by atoms with van der Waals surface area (Å²) in [5, 5.41) is 3.09. The van der Waals surface area contributed by atoms with Gasteiger partial charge in [-0.2, -0.15) is 0 Å². The molecule has 1 heterocycles. The van der Waals surface area contributed by atoms with Gasteiger partial charge in [-0.05, 0) is 24.5 Å². The molecule has 0 aromatic heterocycles. The van der Waals surface area contributed by atoms with E-state index >= 15 is 0 Å². The lowest BCUT2D eigenvalue weighted by atomic mass is 9.98. The van der Waals surface area contributed by atoms with Crippen molar-refractivity contribution in [2.24, 2.45) is 11.7 Å². The fourth-order valence-electron chi connectivity index (χ4n) is 3.45. The van der Waals surface area contributed by atoms with Gasteiger partial charge in [-0.15, -0.1) is 12.4 Å². The summed E-state index contributed by atoms with van der Waals surface area (Å²) in [6.45, 7) is 3.71. The van der Waals surface area contributed by atoms with Crippen LogP contribution in [-0.2, 0) is 4.79 Å². The van der Waals surface area contributed by atoms with Crippen molar-refractivity contribution >= 4 is 24.2 Å². The Kier molecular flexibility index (Phi) is 8.68. The molecule has 1 fully saturated rings. The third kappa shape index (κ3) is 5.25. The van der Waals surface area contributed by atoms with Crippen LogP contribution < -0.4 is 20.5 Å². The molecule has 1 saturated heterocycles. The van der Waals surface area contributed by atoms with Crippen LogP contribution in [0, 0.1) is 5.92 Å². The monoisotopic (exact) mass is 385 g/mol. The van der Waals surface area contributed by atoms with Gasteiger partial charge in [0.05, 0.1) is 26.3 Å². The van der Waals surface area contributed by atoms with Gasteiger partial charge in [0.15, 0.2) is 11.5 Å². The minimum Gasteiger partial charge on any atom is -0.493 e. The number of hydrogen-bond acceptors (Lipinski definition) is 5. The summed E-state index contributed by atoms with van der Waals surface area (Å²) in [5.41, 5.74) is 5.74. The summed E-state index contributed by atoms with van der Waals surface area (Å²) in [6, 6.07) is 5.19. The molecule has 3 N–H and O–H groups in total. The zero-order valence-electron chi connectivity index (χ0n) is 15.5. The van der Waals surface area contributed by atoms with E-state index in [-0.39, 0.29) is 36.8 Å². The van der Waals surface area contributed by atoms with Crippen LogP contribution in [0.2, 0.25) is 0 Å². The van der Waals surface area contributed by atoms with Crippen molar-refractivity contribution in [2.75, 3.05) is 33.9 Å². The van der Waals surface area contributed by atoms with Gasteiger partial charge in [-0.25, -0.2) is 0 Å². The van der Waals surface area contributed by atoms with Crippen LogP contribution in [0.5, 0.6) is 11.5 Å². The van der Waals surface area contributed by atoms with E-state index in [0.717, 1.165) is 19.4 Å². The molecule has 26 heavy (non-hydrogen) atoms. The zero-order chi connectivity index (χ0) is 18.4. The minimum atomic E-state index is -0.350. The van der Waals surface area contributed by atoms with Crippen molar-refractivity contribution in [1.29, 1.82) is 0 Å². The third-order valence-corrected chi connectivity index (χ3v) is 4.52. The molecular weight excluding hydrogens is 358 g/mol. The van der Waals surface area contributed by atoms with Gasteiger partial charge in [-0.3, -0.25) is 14.5 Å². The van der Waals surface area contributed by atoms with Crippen LogP contribution >= 0.6 is 12.4 Å². The zero-order valence-corrected chi connectivity index (χ0v) is 16.3. The highest BCUT2D eigenvalue weighted by molar-refractivity contribution is 5.98. The maximum absolute atomic E-state index is 12.8. The molecule has 1 aromatic carbocycles. The molecule has 2 amide bonds. The van der Waals surface area contributed by atoms with E-state index in [1.165, 1.54) is 14.2 Å². The number of likely N-dealkylation sites (tertiary alicyclic amines) is 1. The van der Waals surface area contributed by atoms with E-state index in [0.29, 0.717) is 29.5 Å². The molecular formula is C18H28ClN3O4. The topological polar surface area (TPSA) is 93.9 Å². The van der Waals surface area contributed by atoms with Crippen LogP contribution in [0.1, 0.15) is 30.1 Å². The van der Waals surface area contributed by atoms with Crippen molar-refractivity contribution in [3.05, 3.63) is 23.8 Å². The number of amides is 2. The largest absolute Gasteiger partial charge is 0.493 e. The molecule has 1 aromatic rings. The van der Waals surface area contributed by atoms with Crippen LogP contribution in [-0.4, -0.2) is 56.6 Å². The average molecular weight is 386 g/mol. The molecule has 1 aliphatic heterocycles. The van der Waals surface area contributed by atoms with Crippen molar-refractivity contribution in [1.82, 2.24) is 10.2 Å². The van der Waals surface area contributed by atoms with Gasteiger partial charge in [0.1, 0.15) is 0 Å². The number of ether oxygens (including phenoxy) is 2. The van der Waals surface area contributed by atoms with Crippen LogP contribution in [0.15, 0.2) is 18.2 Å². The number of para-hydroxylation sites is 1. The van der Waals surface area contributed by atoms with Gasteiger partial charge in [0.25, 0.3) is 5.91 Å². The molecule has 1 aliphatic rings. The summed E-state index contributed by atoms with van der Waals surface area (Å²) < 4.78 is 10.6. The van der Waals surface area contributed by atoms with Gasteiger partial charge in [0.2, 0.25) is 5.91 Å². The number of halogens is 1. The Morgan fingerprint density at radius 2 is 2.00 bits per heavy atom. The molecule has 7 nitrogen and oxygen atoms in total. The van der Waals surface area contributed by atoms with Crippen LogP contribution in [0.25, 0.3) is 0 Å². The first kappa shape index (κ1) is 22.1. The Labute approximate surface area is 160 Å². The number of nitrogens with two attached hydrogens (primary N) is 1. The normalized spacial score (nSPS) is 19.5. The van der Waals surface area contributed by atoms with E-state index in [1.807, 2.05) is 4.90 Å². The number of carbonyl (C=O) groups excluding carboxylic acids is 2. The molecule has 0 aliphatic carbocycles. The number of nitrogens with one attached hydrogen (secondary N) is 1. The highest BCUT2D eigenvalue weighted by Gasteiger charge is 2.34. The second kappa shape index (κ2) is 10.2. The lowest BCUT2D eigenvalue weighted by Gasteiger charge is -2.20. The Bertz CT molecular complexity index is 626. The lowest BCUT2D eigenvalue weighted by molar-refractivity contribution is -0.118. The number of carbonyl (C=O) groups is 2. The second-order valence-electron chi connectivity index (χ2n) is 6.33. The maximum Gasteiger partial charge on any atom is 0.255 e. The Balaban J connectivity index is 0.00000338. The summed E-state index contributed by atoms with van der Waals surface area (Å²) in [5.74, 6) is 0.674. The summed E-state index contributed by atoms with van der Waals surface area (Å²) in [7, 11) is 3.05. The van der Waals surface area contributed by atoms with E-state index in [2.05, 4.69) is 12.2 Å².